The minimum absolute atomic E-state index is 0.686. The number of aromatic nitrogens is 2. The Kier molecular flexibility index (Phi) is 5.81. The summed E-state index contributed by atoms with van der Waals surface area (Å²) >= 11 is 0. The second kappa shape index (κ2) is 7.21. The Morgan fingerprint density at radius 1 is 1.32 bits per heavy atom. The third-order valence-electron chi connectivity index (χ3n) is 3.16. The maximum atomic E-state index is 11.8. The molecule has 7 N–H and O–H groups in total. The number of nitrogens with zero attached hydrogens (tertiary/aromatic N) is 1. The van der Waals surface area contributed by atoms with Gasteiger partial charge in [-0.1, -0.05) is 0 Å². The highest BCUT2D eigenvalue weighted by Crippen LogP contribution is 2.59. The van der Waals surface area contributed by atoms with Gasteiger partial charge >= 0.3 is 21.3 Å². The lowest BCUT2D eigenvalue weighted by Gasteiger charge is -2.23. The van der Waals surface area contributed by atoms with Crippen LogP contribution in [0.15, 0.2) is 21.9 Å². The normalized spacial score (nSPS) is 29.5. The lowest BCUT2D eigenvalue weighted by molar-refractivity contribution is -0.0458. The first-order valence-corrected chi connectivity index (χ1v) is 9.57. The number of hydrogen-bond donors (Lipinski definition) is 6. The van der Waals surface area contributed by atoms with Gasteiger partial charge in [-0.15, -0.1) is 0 Å². The fourth-order valence-corrected chi connectivity index (χ4v) is 4.04. The number of rotatable bonds is 6. The van der Waals surface area contributed by atoms with E-state index in [1.165, 1.54) is 0 Å². The number of aliphatic hydroxyl groups excluding tert-OH is 1. The summed E-state index contributed by atoms with van der Waals surface area (Å²) in [7, 11) is -10.6. The minimum atomic E-state index is -5.36. The summed E-state index contributed by atoms with van der Waals surface area (Å²) in [5.41, 5.74) is 4.22. The number of phosphoric acid groups is 2. The van der Waals surface area contributed by atoms with Crippen molar-refractivity contribution >= 4 is 15.6 Å². The van der Waals surface area contributed by atoms with Gasteiger partial charge < -0.3 is 30.3 Å². The predicted molar refractivity (Wildman–Crippen MR) is 78.1 cm³/mol. The van der Waals surface area contributed by atoms with Crippen molar-refractivity contribution in [3.8, 4) is 0 Å². The summed E-state index contributed by atoms with van der Waals surface area (Å²) < 4.78 is 36.7. The highest BCUT2D eigenvalue weighted by atomic mass is 31.3. The van der Waals surface area contributed by atoms with Crippen molar-refractivity contribution in [2.24, 2.45) is 5.73 Å². The van der Waals surface area contributed by atoms with Crippen LogP contribution in [-0.4, -0.2) is 54.2 Å². The van der Waals surface area contributed by atoms with Gasteiger partial charge in [-0.25, -0.2) is 13.9 Å². The van der Waals surface area contributed by atoms with E-state index in [0.717, 1.165) is 16.8 Å². The number of phosphoric ester groups is 1. The van der Waals surface area contributed by atoms with Gasteiger partial charge in [0.15, 0.2) is 6.23 Å². The number of H-pyrrole nitrogens is 1. The van der Waals surface area contributed by atoms with Gasteiger partial charge in [-0.2, -0.15) is 4.31 Å². The first-order valence-electron chi connectivity index (χ1n) is 6.55. The summed E-state index contributed by atoms with van der Waals surface area (Å²) in [6.45, 7) is -0.761. The molecule has 0 saturated carbocycles. The molecule has 1 aliphatic heterocycles. The molecule has 0 aromatic carbocycles. The van der Waals surface area contributed by atoms with Crippen LogP contribution in [0.1, 0.15) is 6.23 Å². The molecular weight excluding hydrogens is 388 g/mol. The van der Waals surface area contributed by atoms with Crippen LogP contribution < -0.4 is 17.0 Å². The maximum absolute atomic E-state index is 11.8. The predicted octanol–water partition coefficient (Wildman–Crippen LogP) is -2.65. The van der Waals surface area contributed by atoms with Gasteiger partial charge in [0, 0.05) is 12.3 Å². The molecule has 0 aliphatic carbocycles. The molecule has 25 heavy (non-hydrogen) atoms. The molecule has 14 nitrogen and oxygen atoms in total. The van der Waals surface area contributed by atoms with Crippen molar-refractivity contribution in [1.29, 1.82) is 0 Å². The van der Waals surface area contributed by atoms with E-state index >= 15 is 0 Å². The molecule has 2 rings (SSSR count). The van der Waals surface area contributed by atoms with Crippen molar-refractivity contribution in [1.82, 2.24) is 9.55 Å². The molecule has 1 unspecified atom stereocenters. The first-order chi connectivity index (χ1) is 11.4. The van der Waals surface area contributed by atoms with E-state index in [0.29, 0.717) is 0 Å². The minimum Gasteiger partial charge on any atom is -0.394 e. The Balaban J connectivity index is 2.28. The molecular formula is C9H15N3O11P2. The van der Waals surface area contributed by atoms with E-state index < -0.39 is 58.0 Å². The number of hydrogen-bond acceptors (Lipinski definition) is 9. The Hall–Kier alpha value is -1.18. The largest absolute Gasteiger partial charge is 0.481 e. The SMILES string of the molecule is N[C@@H]1[C@H](OP(=O)(O)OP(=O)(O)O)[C@@H](CO)O[C@H]1n1ccc(=O)[nH]c1=O. The molecule has 16 heteroatoms. The van der Waals surface area contributed by atoms with E-state index in [1.807, 2.05) is 4.98 Å². The number of nitrogens with two attached hydrogens (primary N) is 1. The van der Waals surface area contributed by atoms with Crippen molar-refractivity contribution < 1.29 is 42.5 Å². The fraction of sp³-hybridized carbons (Fsp3) is 0.556. The zero-order chi connectivity index (χ0) is 19.0. The van der Waals surface area contributed by atoms with Gasteiger partial charge in [0.25, 0.3) is 5.56 Å². The van der Waals surface area contributed by atoms with Crippen molar-refractivity contribution in [2.45, 2.75) is 24.5 Å². The van der Waals surface area contributed by atoms with Crippen LogP contribution in [0.3, 0.4) is 0 Å². The summed E-state index contributed by atoms with van der Waals surface area (Å²) in [4.78, 5) is 51.4. The van der Waals surface area contributed by atoms with Crippen LogP contribution in [0, 0.1) is 0 Å². The zero-order valence-electron chi connectivity index (χ0n) is 12.2. The number of ether oxygens (including phenoxy) is 1. The molecule has 0 radical (unpaired) electrons. The van der Waals surface area contributed by atoms with Crippen LogP contribution in [0.25, 0.3) is 0 Å². The van der Waals surface area contributed by atoms with E-state index in [1.54, 1.807) is 0 Å². The Morgan fingerprint density at radius 2 is 1.96 bits per heavy atom. The maximum Gasteiger partial charge on any atom is 0.481 e. The van der Waals surface area contributed by atoms with E-state index in [9.17, 15) is 28.7 Å². The molecule has 0 spiro atoms. The molecule has 142 valence electrons. The first kappa shape index (κ1) is 20.1. The van der Waals surface area contributed by atoms with Crippen molar-refractivity contribution in [3.05, 3.63) is 33.1 Å². The van der Waals surface area contributed by atoms with Crippen LogP contribution in [0.5, 0.6) is 0 Å². The fourth-order valence-electron chi connectivity index (χ4n) is 2.23. The third-order valence-corrected chi connectivity index (χ3v) is 5.35. The molecule has 1 aliphatic rings. The highest BCUT2D eigenvalue weighted by Gasteiger charge is 2.49. The molecule has 1 saturated heterocycles. The Morgan fingerprint density at radius 3 is 2.48 bits per heavy atom. The van der Waals surface area contributed by atoms with Crippen LogP contribution in [-0.2, 0) is 22.7 Å². The van der Waals surface area contributed by atoms with Crippen molar-refractivity contribution in [3.63, 3.8) is 0 Å². The van der Waals surface area contributed by atoms with Crippen LogP contribution in [0.2, 0.25) is 0 Å². The standard InChI is InChI=1S/C9H15N3O11P2/c10-6-7(22-25(19,20)23-24(16,17)18)4(3-13)21-8(6)12-2-1-5(14)11-9(12)15/h1-2,4,6-8,13H,3,10H2,(H,19,20)(H,11,14,15)(H2,16,17,18)/t4-,6-,7-,8-/m1/s1. The van der Waals surface area contributed by atoms with Crippen LogP contribution in [0.4, 0.5) is 0 Å². The van der Waals surface area contributed by atoms with Gasteiger partial charge in [0.2, 0.25) is 0 Å². The topological polar surface area (TPSA) is 224 Å². The lowest BCUT2D eigenvalue weighted by Crippen LogP contribution is -2.43. The van der Waals surface area contributed by atoms with Crippen molar-refractivity contribution in [2.75, 3.05) is 6.61 Å². The number of aromatic amines is 1. The second-order valence-electron chi connectivity index (χ2n) is 4.95. The van der Waals surface area contributed by atoms with Gasteiger partial charge in [-0.05, 0) is 0 Å². The Labute approximate surface area is 138 Å². The molecule has 0 amide bonds. The molecule has 0 bridgehead atoms. The lowest BCUT2D eigenvalue weighted by atomic mass is 10.1. The van der Waals surface area contributed by atoms with E-state index in [-0.39, 0.29) is 0 Å². The molecule has 1 aromatic rings. The summed E-state index contributed by atoms with van der Waals surface area (Å²) in [6.07, 6.45) is -3.13. The third kappa shape index (κ3) is 4.92. The quantitative estimate of drug-likeness (QED) is 0.268. The monoisotopic (exact) mass is 403 g/mol. The second-order valence-corrected chi connectivity index (χ2v) is 7.74. The Bertz CT molecular complexity index is 831. The molecule has 5 atom stereocenters. The molecule has 1 aromatic heterocycles. The average molecular weight is 403 g/mol. The summed E-state index contributed by atoms with van der Waals surface area (Å²) in [6, 6.07) is -0.338. The summed E-state index contributed by atoms with van der Waals surface area (Å²) in [5, 5.41) is 9.29. The van der Waals surface area contributed by atoms with Gasteiger partial charge in [0.05, 0.1) is 12.6 Å². The average Bonchev–Trinajstić information content (AvgIpc) is 2.73. The molecule has 1 fully saturated rings. The number of aliphatic hydroxyl groups is 1. The van der Waals surface area contributed by atoms with E-state index in [4.69, 9.17) is 20.3 Å². The van der Waals surface area contributed by atoms with Crippen LogP contribution >= 0.6 is 15.6 Å². The molecule has 2 heterocycles. The van der Waals surface area contributed by atoms with Gasteiger partial charge in [0.1, 0.15) is 12.2 Å². The summed E-state index contributed by atoms with van der Waals surface area (Å²) in [5.74, 6) is 0. The smallest absolute Gasteiger partial charge is 0.394 e. The number of nitrogens with one attached hydrogen (secondary N) is 1. The van der Waals surface area contributed by atoms with E-state index in [2.05, 4.69) is 8.83 Å². The zero-order valence-corrected chi connectivity index (χ0v) is 14.0. The van der Waals surface area contributed by atoms with Gasteiger partial charge in [-0.3, -0.25) is 18.9 Å². The highest BCUT2D eigenvalue weighted by molar-refractivity contribution is 7.60.